The Kier molecular flexibility index (Phi) is 7.20. The Bertz CT molecular complexity index is 2970. The van der Waals surface area contributed by atoms with E-state index in [1.807, 2.05) is 42.5 Å². The van der Waals surface area contributed by atoms with Crippen molar-refractivity contribution < 1.29 is 8.78 Å². The standard InChI is InChI=1S/C53H33F2N/c54-46-26-12-22-41-40-20-9-10-25-45(40)53(51(41)46)50-42(43-23-13-27-47(55)52(43)53)21-11-24-44(50)49-39-19-8-7-16-36(39)30-33-48(49)56(37-17-5-2-6-18-37)38-31-28-35(29-32-38)34-14-3-1-4-15-34/h1-33H. The minimum absolute atomic E-state index is 0.349. The molecule has 0 fully saturated rings. The monoisotopic (exact) mass is 721 g/mol. The van der Waals surface area contributed by atoms with Crippen molar-refractivity contribution in [2.45, 2.75) is 5.41 Å². The number of nitrogens with zero attached hydrogens (tertiary/aromatic N) is 1. The Morgan fingerprint density at radius 2 is 0.875 bits per heavy atom. The largest absolute Gasteiger partial charge is 0.310 e. The molecule has 1 atom stereocenters. The highest BCUT2D eigenvalue weighted by Gasteiger charge is 2.55. The van der Waals surface area contributed by atoms with Gasteiger partial charge in [-0.2, -0.15) is 0 Å². The van der Waals surface area contributed by atoms with Gasteiger partial charge in [0.2, 0.25) is 0 Å². The van der Waals surface area contributed by atoms with Gasteiger partial charge in [0, 0.05) is 28.1 Å². The summed E-state index contributed by atoms with van der Waals surface area (Å²) < 4.78 is 33.9. The molecule has 0 amide bonds. The van der Waals surface area contributed by atoms with E-state index in [4.69, 9.17) is 0 Å². The molecule has 1 nitrogen and oxygen atoms in total. The number of hydrogen-bond donors (Lipinski definition) is 0. The quantitative estimate of drug-likeness (QED) is 0.171. The number of halogens is 2. The van der Waals surface area contributed by atoms with E-state index in [1.54, 1.807) is 12.1 Å². The lowest BCUT2D eigenvalue weighted by Gasteiger charge is -2.34. The highest BCUT2D eigenvalue weighted by molar-refractivity contribution is 6.09. The Hall–Kier alpha value is -7.10. The topological polar surface area (TPSA) is 3.24 Å². The highest BCUT2D eigenvalue weighted by atomic mass is 19.1. The van der Waals surface area contributed by atoms with E-state index in [0.29, 0.717) is 11.1 Å². The third-order valence-corrected chi connectivity index (χ3v) is 11.8. The molecule has 9 aromatic carbocycles. The second-order valence-electron chi connectivity index (χ2n) is 14.6. The summed E-state index contributed by atoms with van der Waals surface area (Å²) in [5.74, 6) is -0.698. The summed E-state index contributed by atoms with van der Waals surface area (Å²) >= 11 is 0. The molecule has 0 aliphatic heterocycles. The maximum atomic E-state index is 16.9. The number of anilines is 3. The van der Waals surface area contributed by atoms with Gasteiger partial charge in [0.1, 0.15) is 11.6 Å². The van der Waals surface area contributed by atoms with Gasteiger partial charge in [-0.3, -0.25) is 0 Å². The van der Waals surface area contributed by atoms with Gasteiger partial charge < -0.3 is 4.90 Å². The molecule has 0 saturated heterocycles. The molecule has 0 radical (unpaired) electrons. The summed E-state index contributed by atoms with van der Waals surface area (Å²) in [7, 11) is 0. The zero-order chi connectivity index (χ0) is 37.4. The van der Waals surface area contributed by atoms with Crippen LogP contribution in [0.5, 0.6) is 0 Å². The van der Waals surface area contributed by atoms with Crippen molar-refractivity contribution in [1.82, 2.24) is 0 Å². The fourth-order valence-corrected chi connectivity index (χ4v) is 9.64. The van der Waals surface area contributed by atoms with E-state index in [2.05, 4.69) is 138 Å². The normalized spacial score (nSPS) is 14.7. The fourth-order valence-electron chi connectivity index (χ4n) is 9.64. The molecular weight excluding hydrogens is 689 g/mol. The van der Waals surface area contributed by atoms with Crippen molar-refractivity contribution in [3.05, 3.63) is 234 Å². The van der Waals surface area contributed by atoms with Gasteiger partial charge in [-0.15, -0.1) is 0 Å². The second kappa shape index (κ2) is 12.5. The third kappa shape index (κ3) is 4.52. The van der Waals surface area contributed by atoms with Crippen LogP contribution in [0.2, 0.25) is 0 Å². The van der Waals surface area contributed by atoms with Crippen LogP contribution in [-0.2, 0) is 5.41 Å². The predicted molar refractivity (Wildman–Crippen MR) is 226 cm³/mol. The molecule has 11 rings (SSSR count). The average Bonchev–Trinajstić information content (AvgIpc) is 3.73. The van der Waals surface area contributed by atoms with Crippen LogP contribution in [0.25, 0.3) is 55.3 Å². The van der Waals surface area contributed by atoms with Crippen molar-refractivity contribution in [1.29, 1.82) is 0 Å². The molecule has 0 bridgehead atoms. The van der Waals surface area contributed by atoms with Crippen LogP contribution in [0.4, 0.5) is 25.8 Å². The van der Waals surface area contributed by atoms with E-state index in [0.717, 1.165) is 83.5 Å². The average molecular weight is 722 g/mol. The molecule has 9 aromatic rings. The summed E-state index contributed by atoms with van der Waals surface area (Å²) in [6.45, 7) is 0. The first kappa shape index (κ1) is 32.3. The van der Waals surface area contributed by atoms with E-state index in [9.17, 15) is 0 Å². The van der Waals surface area contributed by atoms with Gasteiger partial charge >= 0.3 is 0 Å². The van der Waals surface area contributed by atoms with Crippen molar-refractivity contribution in [2.75, 3.05) is 4.90 Å². The SMILES string of the molecule is Fc1cccc2c1C1(c3ccccc3-2)c2c(F)cccc2-c2cccc(-c3c(N(c4ccccc4)c4ccc(-c5ccccc5)cc4)ccc4ccccc34)c21. The van der Waals surface area contributed by atoms with Crippen LogP contribution in [0, 0.1) is 11.6 Å². The highest BCUT2D eigenvalue weighted by Crippen LogP contribution is 2.66. The predicted octanol–water partition coefficient (Wildman–Crippen LogP) is 14.3. The van der Waals surface area contributed by atoms with Crippen LogP contribution in [0.3, 0.4) is 0 Å². The Morgan fingerprint density at radius 1 is 0.357 bits per heavy atom. The maximum Gasteiger partial charge on any atom is 0.128 e. The Labute approximate surface area is 324 Å². The van der Waals surface area contributed by atoms with Gasteiger partial charge in [0.05, 0.1) is 11.1 Å². The minimum atomic E-state index is -1.24. The fraction of sp³-hybridized carbons (Fsp3) is 0.0189. The summed E-state index contributed by atoms with van der Waals surface area (Å²) in [5, 5.41) is 2.12. The maximum absolute atomic E-state index is 16.9. The summed E-state index contributed by atoms with van der Waals surface area (Å²) in [6.07, 6.45) is 0. The molecule has 0 saturated carbocycles. The molecule has 1 unspecified atom stereocenters. The van der Waals surface area contributed by atoms with E-state index in [1.165, 1.54) is 12.1 Å². The van der Waals surface area contributed by atoms with Gasteiger partial charge in [0.25, 0.3) is 0 Å². The number of para-hydroxylation sites is 1. The summed E-state index contributed by atoms with van der Waals surface area (Å²) in [4.78, 5) is 2.31. The molecular formula is C53H33F2N. The van der Waals surface area contributed by atoms with Gasteiger partial charge in [-0.25, -0.2) is 8.78 Å². The zero-order valence-corrected chi connectivity index (χ0v) is 30.3. The lowest BCUT2D eigenvalue weighted by molar-refractivity contribution is 0.564. The van der Waals surface area contributed by atoms with E-state index >= 15 is 8.78 Å². The van der Waals surface area contributed by atoms with Crippen LogP contribution >= 0.6 is 0 Å². The Balaban J connectivity index is 1.26. The molecule has 0 N–H and O–H groups in total. The van der Waals surface area contributed by atoms with E-state index < -0.39 is 5.41 Å². The summed E-state index contributed by atoms with van der Waals surface area (Å²) in [6, 6.07) is 67.2. The first-order valence-electron chi connectivity index (χ1n) is 19.0. The molecule has 264 valence electrons. The van der Waals surface area contributed by atoms with Crippen molar-refractivity contribution in [3.8, 4) is 44.5 Å². The third-order valence-electron chi connectivity index (χ3n) is 11.8. The molecule has 56 heavy (non-hydrogen) atoms. The van der Waals surface area contributed by atoms with Crippen LogP contribution in [0.15, 0.2) is 200 Å². The molecule has 2 aliphatic carbocycles. The number of benzene rings is 9. The van der Waals surface area contributed by atoms with Gasteiger partial charge in [-0.05, 0) is 103 Å². The smallest absolute Gasteiger partial charge is 0.128 e. The van der Waals surface area contributed by atoms with Crippen LogP contribution in [0.1, 0.15) is 22.3 Å². The molecule has 3 heteroatoms. The number of fused-ring (bicyclic) bond motifs is 11. The molecule has 1 spiro atoms. The zero-order valence-electron chi connectivity index (χ0n) is 30.3. The van der Waals surface area contributed by atoms with E-state index in [-0.39, 0.29) is 11.6 Å². The lowest BCUT2D eigenvalue weighted by Crippen LogP contribution is -2.29. The number of hydrogen-bond acceptors (Lipinski definition) is 1. The van der Waals surface area contributed by atoms with Crippen LogP contribution in [-0.4, -0.2) is 0 Å². The minimum Gasteiger partial charge on any atom is -0.310 e. The van der Waals surface area contributed by atoms with Gasteiger partial charge in [0.15, 0.2) is 0 Å². The lowest BCUT2D eigenvalue weighted by atomic mass is 9.68. The molecule has 0 heterocycles. The van der Waals surface area contributed by atoms with Crippen molar-refractivity contribution >= 4 is 27.8 Å². The summed E-state index contributed by atoms with van der Waals surface area (Å²) in [5.41, 5.74) is 12.1. The van der Waals surface area contributed by atoms with Gasteiger partial charge in [-0.1, -0.05) is 158 Å². The van der Waals surface area contributed by atoms with Crippen molar-refractivity contribution in [2.24, 2.45) is 0 Å². The van der Waals surface area contributed by atoms with Crippen molar-refractivity contribution in [3.63, 3.8) is 0 Å². The first-order valence-corrected chi connectivity index (χ1v) is 19.0. The van der Waals surface area contributed by atoms with Crippen LogP contribution < -0.4 is 4.90 Å². The molecule has 0 aromatic heterocycles. The first-order chi connectivity index (χ1) is 27.6. The number of rotatable bonds is 5. The second-order valence-corrected chi connectivity index (χ2v) is 14.6. The molecule has 2 aliphatic rings. The Morgan fingerprint density at radius 3 is 1.61 bits per heavy atom.